The molecule has 0 fully saturated rings. The normalized spacial score (nSPS) is 12.7. The Morgan fingerprint density at radius 2 is 1.63 bits per heavy atom. The van der Waals surface area contributed by atoms with Crippen LogP contribution in [-0.4, -0.2) is 60.7 Å². The highest BCUT2D eigenvalue weighted by Gasteiger charge is 2.34. The predicted octanol–water partition coefficient (Wildman–Crippen LogP) is 4.36. The first kappa shape index (κ1) is 33.4. The zero-order valence-corrected chi connectivity index (χ0v) is 24.4. The molecule has 2 aromatic carbocycles. The topological polar surface area (TPSA) is 90.9 Å². The molecule has 0 saturated heterocycles. The van der Waals surface area contributed by atoms with Gasteiger partial charge in [0.05, 0.1) is 24.7 Å². The number of hydrogen-bond donors (Lipinski definition) is 3. The number of nitrogens with zero attached hydrogens (tertiary/aromatic N) is 1. The van der Waals surface area contributed by atoms with E-state index in [0.29, 0.717) is 32.6 Å². The fourth-order valence-electron chi connectivity index (χ4n) is 4.28. The number of aliphatic hydroxyl groups excluding tert-OH is 1. The predicted molar refractivity (Wildman–Crippen MR) is 156 cm³/mol. The van der Waals surface area contributed by atoms with Gasteiger partial charge < -0.3 is 25.4 Å². The second kappa shape index (κ2) is 17.1. The van der Waals surface area contributed by atoms with E-state index in [4.69, 9.17) is 4.74 Å². The molecule has 3 N–H and O–H groups in total. The average molecular weight is 548 g/mol. The molecule has 0 unspecified atom stereocenters. The summed E-state index contributed by atoms with van der Waals surface area (Å²) in [6.07, 6.45) is 1.55. The van der Waals surface area contributed by atoms with Gasteiger partial charge >= 0.3 is 0 Å². The molecule has 38 heavy (non-hydrogen) atoms. The number of rotatable bonds is 16. The minimum atomic E-state index is -0.903. The fraction of sp³-hybridized carbons (Fsp3) is 0.533. The Bertz CT molecular complexity index is 965. The number of carbonyl (C=O) groups excluding carboxylic acids is 2. The van der Waals surface area contributed by atoms with Gasteiger partial charge in [-0.05, 0) is 42.5 Å². The maximum atomic E-state index is 13.4. The molecule has 8 heteroatoms. The Labute approximate surface area is 234 Å². The smallest absolute Gasteiger partial charge is 0.226 e. The quantitative estimate of drug-likeness (QED) is 0.290. The van der Waals surface area contributed by atoms with Crippen molar-refractivity contribution < 1.29 is 19.4 Å². The Kier molecular flexibility index (Phi) is 15.0. The minimum Gasteiger partial charge on any atom is -0.497 e. The van der Waals surface area contributed by atoms with Crippen molar-refractivity contribution in [2.45, 2.75) is 72.1 Å². The van der Waals surface area contributed by atoms with Crippen LogP contribution in [0.1, 0.15) is 58.1 Å². The lowest BCUT2D eigenvalue weighted by molar-refractivity contribution is -0.140. The van der Waals surface area contributed by atoms with Crippen molar-refractivity contribution in [2.75, 3.05) is 26.7 Å². The van der Waals surface area contributed by atoms with Gasteiger partial charge in [-0.25, -0.2) is 0 Å². The summed E-state index contributed by atoms with van der Waals surface area (Å²) in [4.78, 5) is 28.2. The lowest BCUT2D eigenvalue weighted by atomic mass is 9.86. The van der Waals surface area contributed by atoms with Gasteiger partial charge in [0, 0.05) is 32.6 Å². The minimum absolute atomic E-state index is 0. The largest absolute Gasteiger partial charge is 0.497 e. The maximum absolute atomic E-state index is 13.4. The van der Waals surface area contributed by atoms with E-state index in [1.807, 2.05) is 73.3 Å². The molecule has 0 aliphatic carbocycles. The van der Waals surface area contributed by atoms with Crippen LogP contribution in [0.4, 0.5) is 0 Å². The second-order valence-electron chi connectivity index (χ2n) is 10.3. The molecule has 212 valence electrons. The van der Waals surface area contributed by atoms with E-state index in [-0.39, 0.29) is 30.6 Å². The average Bonchev–Trinajstić information content (AvgIpc) is 2.88. The summed E-state index contributed by atoms with van der Waals surface area (Å²) in [6.45, 7) is 9.93. The summed E-state index contributed by atoms with van der Waals surface area (Å²) in [7, 11) is 1.63. The van der Waals surface area contributed by atoms with Gasteiger partial charge in [0.25, 0.3) is 0 Å². The summed E-state index contributed by atoms with van der Waals surface area (Å²) >= 11 is 0. The van der Waals surface area contributed by atoms with E-state index in [0.717, 1.165) is 29.7 Å². The molecule has 0 saturated carbocycles. The van der Waals surface area contributed by atoms with Crippen molar-refractivity contribution in [1.29, 1.82) is 0 Å². The van der Waals surface area contributed by atoms with E-state index in [1.54, 1.807) is 21.0 Å². The summed E-state index contributed by atoms with van der Waals surface area (Å²) in [5, 5.41) is 17.4. The second-order valence-corrected chi connectivity index (χ2v) is 10.3. The molecule has 0 aliphatic heterocycles. The molecule has 0 aromatic heterocycles. The summed E-state index contributed by atoms with van der Waals surface area (Å²) in [5.74, 6) is 0.535. The van der Waals surface area contributed by atoms with E-state index < -0.39 is 17.6 Å². The van der Waals surface area contributed by atoms with Gasteiger partial charge in [-0.1, -0.05) is 70.2 Å². The molecule has 2 amide bonds. The van der Waals surface area contributed by atoms with Crippen LogP contribution in [0.5, 0.6) is 5.75 Å². The number of benzene rings is 2. The van der Waals surface area contributed by atoms with Gasteiger partial charge in [0.1, 0.15) is 5.75 Å². The lowest BCUT2D eigenvalue weighted by Crippen LogP contribution is -2.52. The number of aliphatic hydroxyl groups is 1. The molecule has 0 aliphatic rings. The van der Waals surface area contributed by atoms with Crippen molar-refractivity contribution in [3.05, 3.63) is 65.7 Å². The van der Waals surface area contributed by atoms with Gasteiger partial charge in [-0.3, -0.25) is 9.59 Å². The zero-order valence-electron chi connectivity index (χ0n) is 23.5. The monoisotopic (exact) mass is 547 g/mol. The maximum Gasteiger partial charge on any atom is 0.226 e. The van der Waals surface area contributed by atoms with Crippen molar-refractivity contribution in [2.24, 2.45) is 5.41 Å². The highest BCUT2D eigenvalue weighted by atomic mass is 35.5. The molecular weight excluding hydrogens is 502 g/mol. The fourth-order valence-corrected chi connectivity index (χ4v) is 4.28. The third-order valence-corrected chi connectivity index (χ3v) is 6.44. The first-order chi connectivity index (χ1) is 17.7. The number of ether oxygens (including phenoxy) is 1. The summed E-state index contributed by atoms with van der Waals surface area (Å²) in [6, 6.07) is 17.0. The number of hydrogen-bond acceptors (Lipinski definition) is 5. The molecule has 2 atom stereocenters. The summed E-state index contributed by atoms with van der Waals surface area (Å²) in [5.41, 5.74) is 1.16. The van der Waals surface area contributed by atoms with Gasteiger partial charge in [0.15, 0.2) is 0 Å². The Morgan fingerprint density at radius 1 is 1.00 bits per heavy atom. The molecule has 0 heterocycles. The van der Waals surface area contributed by atoms with Gasteiger partial charge in [0.2, 0.25) is 11.8 Å². The number of nitrogens with one attached hydrogen (secondary N) is 2. The Balaban J connectivity index is 0.00000722. The number of amides is 2. The SMILES string of the molecule is CCCN(CCC)C(=O)CC(C)(C)C(=O)N[C@@H](Cc1ccccc1)[C@H](O)CNCc1cccc(OC)c1.Cl. The van der Waals surface area contributed by atoms with E-state index in [2.05, 4.69) is 10.6 Å². The number of carbonyl (C=O) groups is 2. The summed E-state index contributed by atoms with van der Waals surface area (Å²) < 4.78 is 5.28. The number of halogens is 1. The molecule has 7 nitrogen and oxygen atoms in total. The van der Waals surface area contributed by atoms with Gasteiger partial charge in [-0.15, -0.1) is 12.4 Å². The van der Waals surface area contributed by atoms with Crippen LogP contribution < -0.4 is 15.4 Å². The highest BCUT2D eigenvalue weighted by molar-refractivity contribution is 5.88. The number of methoxy groups -OCH3 is 1. The van der Waals surface area contributed by atoms with Crippen molar-refractivity contribution in [3.8, 4) is 5.75 Å². The Hall–Kier alpha value is -2.61. The van der Waals surface area contributed by atoms with E-state index >= 15 is 0 Å². The van der Waals surface area contributed by atoms with Crippen molar-refractivity contribution in [1.82, 2.24) is 15.5 Å². The van der Waals surface area contributed by atoms with Crippen LogP contribution in [-0.2, 0) is 22.6 Å². The zero-order chi connectivity index (χ0) is 27.3. The van der Waals surface area contributed by atoms with Crippen LogP contribution in [0.25, 0.3) is 0 Å². The molecule has 0 radical (unpaired) electrons. The van der Waals surface area contributed by atoms with Crippen LogP contribution in [0.2, 0.25) is 0 Å². The van der Waals surface area contributed by atoms with E-state index in [9.17, 15) is 14.7 Å². The van der Waals surface area contributed by atoms with Crippen LogP contribution in [0, 0.1) is 5.41 Å². The van der Waals surface area contributed by atoms with Gasteiger partial charge in [-0.2, -0.15) is 0 Å². The third kappa shape index (κ3) is 11.0. The van der Waals surface area contributed by atoms with Crippen molar-refractivity contribution >= 4 is 24.2 Å². The first-order valence-electron chi connectivity index (χ1n) is 13.3. The molecule has 0 spiro atoms. The lowest BCUT2D eigenvalue weighted by Gasteiger charge is -2.31. The Morgan fingerprint density at radius 3 is 2.24 bits per heavy atom. The first-order valence-corrected chi connectivity index (χ1v) is 13.3. The molecular formula is C30H46ClN3O4. The van der Waals surface area contributed by atoms with Crippen LogP contribution in [0.3, 0.4) is 0 Å². The third-order valence-electron chi connectivity index (χ3n) is 6.44. The molecule has 2 rings (SSSR count). The van der Waals surface area contributed by atoms with Crippen LogP contribution in [0.15, 0.2) is 54.6 Å². The van der Waals surface area contributed by atoms with Crippen LogP contribution >= 0.6 is 12.4 Å². The standard InChI is InChI=1S/C30H45N3O4.ClH/c1-6-16-33(17-7-2)28(35)20-30(3,4)29(36)32-26(19-23-12-9-8-10-13-23)27(34)22-31-21-24-14-11-15-25(18-24)37-5;/h8-15,18,26-27,31,34H,6-7,16-17,19-22H2,1-5H3,(H,32,36);1H/t26-,27+;/m0./s1. The molecule has 2 aromatic rings. The molecule has 0 bridgehead atoms. The van der Waals surface area contributed by atoms with E-state index in [1.165, 1.54) is 0 Å². The highest BCUT2D eigenvalue weighted by Crippen LogP contribution is 2.23. The van der Waals surface area contributed by atoms with Crippen molar-refractivity contribution in [3.63, 3.8) is 0 Å².